The molecule has 0 heterocycles. The summed E-state index contributed by atoms with van der Waals surface area (Å²) < 4.78 is 18.2. The van der Waals surface area contributed by atoms with E-state index in [0.29, 0.717) is 13.2 Å². The van der Waals surface area contributed by atoms with Gasteiger partial charge in [0.1, 0.15) is 5.82 Å². The van der Waals surface area contributed by atoms with Crippen LogP contribution in [0.15, 0.2) is 47.5 Å². The first-order valence-electron chi connectivity index (χ1n) is 9.13. The zero-order valence-electron chi connectivity index (χ0n) is 16.7. The Balaban J connectivity index is 0.00000392. The van der Waals surface area contributed by atoms with Gasteiger partial charge in [-0.2, -0.15) is 0 Å². The van der Waals surface area contributed by atoms with Gasteiger partial charge in [0.05, 0.1) is 6.61 Å². The number of halogens is 2. The van der Waals surface area contributed by atoms with Gasteiger partial charge in [-0.15, -0.1) is 24.0 Å². The molecule has 5 nitrogen and oxygen atoms in total. The van der Waals surface area contributed by atoms with Crippen LogP contribution < -0.4 is 16.0 Å². The molecule has 0 atom stereocenters. The standard InChI is InChI=1S/C21H29FN4O.HI/c1-16-14-19(22)7-6-18(16)10-11-25-21(23-2)26-15-17-4-8-20(9-5-17)24-12-13-27-3;/h4-9,14,24H,10-13,15H2,1-3H3,(H2,23,25,26);1H. The Morgan fingerprint density at radius 2 is 1.82 bits per heavy atom. The zero-order chi connectivity index (χ0) is 19.5. The SMILES string of the molecule is CN=C(NCCc1ccc(F)cc1C)NCc1ccc(NCCOC)cc1.I. The van der Waals surface area contributed by atoms with E-state index in [4.69, 9.17) is 4.74 Å². The number of methoxy groups -OCH3 is 1. The summed E-state index contributed by atoms with van der Waals surface area (Å²) in [5.41, 5.74) is 4.35. The molecule has 2 rings (SSSR count). The predicted molar refractivity (Wildman–Crippen MR) is 125 cm³/mol. The third-order valence-electron chi connectivity index (χ3n) is 4.26. The highest BCUT2D eigenvalue weighted by molar-refractivity contribution is 14.0. The minimum atomic E-state index is -0.193. The molecule has 2 aromatic carbocycles. The molecule has 3 N–H and O–H groups in total. The van der Waals surface area contributed by atoms with E-state index in [0.717, 1.165) is 42.3 Å². The van der Waals surface area contributed by atoms with Gasteiger partial charge in [0.25, 0.3) is 0 Å². The van der Waals surface area contributed by atoms with Crippen molar-refractivity contribution in [2.75, 3.05) is 39.2 Å². The number of anilines is 1. The smallest absolute Gasteiger partial charge is 0.191 e. The van der Waals surface area contributed by atoms with Crippen LogP contribution in [0.1, 0.15) is 16.7 Å². The summed E-state index contributed by atoms with van der Waals surface area (Å²) in [5.74, 6) is 0.554. The minimum Gasteiger partial charge on any atom is -0.383 e. The van der Waals surface area contributed by atoms with Crippen molar-refractivity contribution < 1.29 is 9.13 Å². The summed E-state index contributed by atoms with van der Waals surface area (Å²) >= 11 is 0. The van der Waals surface area contributed by atoms with Crippen molar-refractivity contribution in [3.05, 3.63) is 65.0 Å². The Labute approximate surface area is 184 Å². The van der Waals surface area contributed by atoms with Crippen LogP contribution in [0, 0.1) is 12.7 Å². The topological polar surface area (TPSA) is 57.7 Å². The Morgan fingerprint density at radius 3 is 2.46 bits per heavy atom. The number of ether oxygens (including phenoxy) is 1. The van der Waals surface area contributed by atoms with Gasteiger partial charge < -0.3 is 20.7 Å². The number of benzene rings is 2. The lowest BCUT2D eigenvalue weighted by Gasteiger charge is -2.13. The quantitative estimate of drug-likeness (QED) is 0.213. The van der Waals surface area contributed by atoms with Crippen molar-refractivity contribution in [2.45, 2.75) is 19.9 Å². The van der Waals surface area contributed by atoms with Crippen LogP contribution in [-0.2, 0) is 17.7 Å². The Hall–Kier alpha value is -1.87. The van der Waals surface area contributed by atoms with Gasteiger partial charge in [-0.25, -0.2) is 4.39 Å². The monoisotopic (exact) mass is 500 g/mol. The molecule has 0 saturated heterocycles. The van der Waals surface area contributed by atoms with E-state index < -0.39 is 0 Å². The second kappa shape index (κ2) is 13.3. The van der Waals surface area contributed by atoms with Crippen molar-refractivity contribution in [1.82, 2.24) is 10.6 Å². The van der Waals surface area contributed by atoms with Crippen LogP contribution in [0.5, 0.6) is 0 Å². The number of aliphatic imine (C=N–C) groups is 1. The Bertz CT molecular complexity index is 738. The fourth-order valence-electron chi connectivity index (χ4n) is 2.70. The van der Waals surface area contributed by atoms with Gasteiger partial charge in [-0.1, -0.05) is 18.2 Å². The molecule has 0 aliphatic carbocycles. The highest BCUT2D eigenvalue weighted by Crippen LogP contribution is 2.10. The van der Waals surface area contributed by atoms with Crippen molar-refractivity contribution in [1.29, 1.82) is 0 Å². The van der Waals surface area contributed by atoms with Gasteiger partial charge in [0.15, 0.2) is 5.96 Å². The lowest BCUT2D eigenvalue weighted by atomic mass is 10.1. The molecular weight excluding hydrogens is 470 g/mol. The second-order valence-corrected chi connectivity index (χ2v) is 6.29. The van der Waals surface area contributed by atoms with E-state index >= 15 is 0 Å². The summed E-state index contributed by atoms with van der Waals surface area (Å²) in [6, 6.07) is 13.2. The Kier molecular flexibility index (Phi) is 11.5. The molecular formula is C21H30FIN4O. The van der Waals surface area contributed by atoms with Crippen LogP contribution in [0.4, 0.5) is 10.1 Å². The lowest BCUT2D eigenvalue weighted by molar-refractivity contribution is 0.211. The van der Waals surface area contributed by atoms with Gasteiger partial charge >= 0.3 is 0 Å². The first kappa shape index (κ1) is 24.2. The molecule has 0 amide bonds. The lowest BCUT2D eigenvalue weighted by Crippen LogP contribution is -2.37. The molecule has 0 radical (unpaired) electrons. The molecule has 7 heteroatoms. The predicted octanol–water partition coefficient (Wildman–Crippen LogP) is 3.72. The van der Waals surface area contributed by atoms with E-state index in [9.17, 15) is 4.39 Å². The molecule has 0 fully saturated rings. The highest BCUT2D eigenvalue weighted by Gasteiger charge is 2.02. The van der Waals surface area contributed by atoms with E-state index in [2.05, 4.69) is 45.2 Å². The van der Waals surface area contributed by atoms with Crippen molar-refractivity contribution >= 4 is 35.6 Å². The number of hydrogen-bond acceptors (Lipinski definition) is 3. The molecule has 0 aliphatic rings. The van der Waals surface area contributed by atoms with E-state index in [1.54, 1.807) is 20.2 Å². The first-order chi connectivity index (χ1) is 13.1. The summed E-state index contributed by atoms with van der Waals surface area (Å²) in [6.07, 6.45) is 0.814. The maximum atomic E-state index is 13.2. The van der Waals surface area contributed by atoms with Crippen LogP contribution in [0.25, 0.3) is 0 Å². The third-order valence-corrected chi connectivity index (χ3v) is 4.26. The van der Waals surface area contributed by atoms with Gasteiger partial charge in [0, 0.05) is 39.5 Å². The fourth-order valence-corrected chi connectivity index (χ4v) is 2.70. The average Bonchev–Trinajstić information content (AvgIpc) is 2.67. The molecule has 0 saturated carbocycles. The van der Waals surface area contributed by atoms with Gasteiger partial charge in [0.2, 0.25) is 0 Å². The molecule has 154 valence electrons. The van der Waals surface area contributed by atoms with E-state index in [1.807, 2.05) is 13.0 Å². The van der Waals surface area contributed by atoms with Gasteiger partial charge in [-0.3, -0.25) is 4.99 Å². The molecule has 28 heavy (non-hydrogen) atoms. The molecule has 2 aromatic rings. The van der Waals surface area contributed by atoms with Crippen molar-refractivity contribution in [2.24, 2.45) is 4.99 Å². The molecule has 0 aliphatic heterocycles. The van der Waals surface area contributed by atoms with E-state index in [-0.39, 0.29) is 29.8 Å². The normalized spacial score (nSPS) is 10.9. The number of nitrogens with zero attached hydrogens (tertiary/aromatic N) is 1. The number of guanidine groups is 1. The van der Waals surface area contributed by atoms with E-state index in [1.165, 1.54) is 11.6 Å². The molecule has 0 bridgehead atoms. The second-order valence-electron chi connectivity index (χ2n) is 6.29. The summed E-state index contributed by atoms with van der Waals surface area (Å²) in [7, 11) is 3.44. The number of nitrogens with one attached hydrogen (secondary N) is 3. The number of hydrogen-bond donors (Lipinski definition) is 3. The number of rotatable bonds is 9. The largest absolute Gasteiger partial charge is 0.383 e. The van der Waals surface area contributed by atoms with Crippen LogP contribution in [0.3, 0.4) is 0 Å². The summed E-state index contributed by atoms with van der Waals surface area (Å²) in [4.78, 5) is 4.25. The highest BCUT2D eigenvalue weighted by atomic mass is 127. The maximum Gasteiger partial charge on any atom is 0.191 e. The van der Waals surface area contributed by atoms with Crippen LogP contribution in [0.2, 0.25) is 0 Å². The Morgan fingerprint density at radius 1 is 1.07 bits per heavy atom. The maximum absolute atomic E-state index is 13.2. The summed E-state index contributed by atoms with van der Waals surface area (Å²) in [5, 5.41) is 9.90. The molecule has 0 spiro atoms. The average molecular weight is 500 g/mol. The van der Waals surface area contributed by atoms with Crippen molar-refractivity contribution in [3.8, 4) is 0 Å². The molecule has 0 unspecified atom stereocenters. The van der Waals surface area contributed by atoms with Crippen LogP contribution in [-0.4, -0.2) is 39.8 Å². The minimum absolute atomic E-state index is 0. The fraction of sp³-hybridized carbons (Fsp3) is 0.381. The number of aryl methyl sites for hydroxylation is 1. The zero-order valence-corrected chi connectivity index (χ0v) is 19.0. The first-order valence-corrected chi connectivity index (χ1v) is 9.13. The van der Waals surface area contributed by atoms with Gasteiger partial charge in [-0.05, 0) is 54.3 Å². The summed E-state index contributed by atoms with van der Waals surface area (Å²) in [6.45, 7) is 4.82. The third kappa shape index (κ3) is 8.43. The van der Waals surface area contributed by atoms with Crippen LogP contribution >= 0.6 is 24.0 Å². The van der Waals surface area contributed by atoms with Crippen molar-refractivity contribution in [3.63, 3.8) is 0 Å². The molecule has 0 aromatic heterocycles.